The van der Waals surface area contributed by atoms with Crippen molar-refractivity contribution >= 4 is 5.96 Å². The van der Waals surface area contributed by atoms with Crippen LogP contribution in [-0.4, -0.2) is 45.5 Å². The largest absolute Gasteiger partial charge is 0.381 e. The molecule has 1 saturated heterocycles. The molecule has 0 bridgehead atoms. The Hall–Kier alpha value is -1.59. The monoisotopic (exact) mass is 347 g/mol. The molecule has 0 spiro atoms. The van der Waals surface area contributed by atoms with E-state index < -0.39 is 0 Å². The summed E-state index contributed by atoms with van der Waals surface area (Å²) in [7, 11) is 0. The van der Waals surface area contributed by atoms with Crippen LogP contribution in [-0.2, 0) is 9.47 Å². The van der Waals surface area contributed by atoms with Crippen LogP contribution in [0.5, 0.6) is 0 Å². The van der Waals surface area contributed by atoms with Crippen molar-refractivity contribution in [2.45, 2.75) is 39.7 Å². The smallest absolute Gasteiger partial charge is 0.191 e. The minimum Gasteiger partial charge on any atom is -0.381 e. The Morgan fingerprint density at radius 2 is 2.24 bits per heavy atom. The Balaban J connectivity index is 1.72. The molecule has 140 valence electrons. The van der Waals surface area contributed by atoms with Crippen molar-refractivity contribution < 1.29 is 9.47 Å². The van der Waals surface area contributed by atoms with Crippen LogP contribution in [0.4, 0.5) is 0 Å². The van der Waals surface area contributed by atoms with Gasteiger partial charge in [0.05, 0.1) is 19.3 Å². The summed E-state index contributed by atoms with van der Waals surface area (Å²) in [5, 5.41) is 6.81. The molecule has 0 aromatic heterocycles. The van der Waals surface area contributed by atoms with Gasteiger partial charge in [-0.15, -0.1) is 0 Å². The van der Waals surface area contributed by atoms with Crippen molar-refractivity contribution in [2.75, 3.05) is 39.5 Å². The lowest BCUT2D eigenvalue weighted by Crippen LogP contribution is -2.39. The van der Waals surface area contributed by atoms with Gasteiger partial charge in [-0.1, -0.05) is 24.3 Å². The molecular formula is C20H33N3O2. The molecule has 2 N–H and O–H groups in total. The first-order valence-electron chi connectivity index (χ1n) is 9.46. The number of rotatable bonds is 9. The second-order valence-corrected chi connectivity index (χ2v) is 6.64. The lowest BCUT2D eigenvalue weighted by Gasteiger charge is -2.19. The fraction of sp³-hybridized carbons (Fsp3) is 0.650. The van der Waals surface area contributed by atoms with Gasteiger partial charge in [-0.2, -0.15) is 0 Å². The van der Waals surface area contributed by atoms with E-state index >= 15 is 0 Å². The van der Waals surface area contributed by atoms with Crippen molar-refractivity contribution in [2.24, 2.45) is 10.9 Å². The Kier molecular flexibility index (Phi) is 8.77. The summed E-state index contributed by atoms with van der Waals surface area (Å²) >= 11 is 0. The van der Waals surface area contributed by atoms with Gasteiger partial charge in [0.15, 0.2) is 5.96 Å². The van der Waals surface area contributed by atoms with Crippen LogP contribution >= 0.6 is 0 Å². The number of hydrogen-bond donors (Lipinski definition) is 2. The van der Waals surface area contributed by atoms with Crippen molar-refractivity contribution in [1.82, 2.24) is 10.6 Å². The highest BCUT2D eigenvalue weighted by Crippen LogP contribution is 2.16. The molecule has 2 unspecified atom stereocenters. The molecule has 25 heavy (non-hydrogen) atoms. The Morgan fingerprint density at radius 1 is 1.40 bits per heavy atom. The lowest BCUT2D eigenvalue weighted by atomic mass is 10.0. The van der Waals surface area contributed by atoms with E-state index in [-0.39, 0.29) is 6.04 Å². The summed E-state index contributed by atoms with van der Waals surface area (Å²) in [4.78, 5) is 4.67. The first kappa shape index (κ1) is 19.7. The summed E-state index contributed by atoms with van der Waals surface area (Å²) in [5.41, 5.74) is 2.60. The van der Waals surface area contributed by atoms with Crippen molar-refractivity contribution in [3.05, 3.63) is 35.4 Å². The van der Waals surface area contributed by atoms with Gasteiger partial charge in [0.2, 0.25) is 0 Å². The molecule has 1 fully saturated rings. The number of hydrogen-bond acceptors (Lipinski definition) is 3. The van der Waals surface area contributed by atoms with Gasteiger partial charge in [0.25, 0.3) is 0 Å². The predicted molar refractivity (Wildman–Crippen MR) is 103 cm³/mol. The summed E-state index contributed by atoms with van der Waals surface area (Å²) in [6, 6.07) is 8.68. The Morgan fingerprint density at radius 3 is 2.96 bits per heavy atom. The molecule has 2 atom stereocenters. The molecule has 1 aliphatic rings. The van der Waals surface area contributed by atoms with E-state index in [1.807, 2.05) is 0 Å². The topological polar surface area (TPSA) is 54.9 Å². The third-order valence-electron chi connectivity index (χ3n) is 4.45. The predicted octanol–water partition coefficient (Wildman–Crippen LogP) is 3.05. The number of guanidine groups is 1. The van der Waals surface area contributed by atoms with Crippen LogP contribution in [0.3, 0.4) is 0 Å². The highest BCUT2D eigenvalue weighted by Gasteiger charge is 2.15. The van der Waals surface area contributed by atoms with E-state index in [4.69, 9.17) is 9.47 Å². The molecule has 0 saturated carbocycles. The lowest BCUT2D eigenvalue weighted by molar-refractivity contribution is 0.0893. The zero-order chi connectivity index (χ0) is 17.9. The van der Waals surface area contributed by atoms with Gasteiger partial charge in [-0.25, -0.2) is 0 Å². The number of benzene rings is 1. The van der Waals surface area contributed by atoms with E-state index in [0.717, 1.165) is 58.3 Å². The van der Waals surface area contributed by atoms with E-state index in [9.17, 15) is 0 Å². The fourth-order valence-corrected chi connectivity index (χ4v) is 3.00. The van der Waals surface area contributed by atoms with Crippen LogP contribution in [0.25, 0.3) is 0 Å². The van der Waals surface area contributed by atoms with Crippen LogP contribution in [0, 0.1) is 12.8 Å². The summed E-state index contributed by atoms with van der Waals surface area (Å²) < 4.78 is 11.1. The molecular weight excluding hydrogens is 314 g/mol. The normalized spacial score (nSPS) is 19.0. The van der Waals surface area contributed by atoms with Gasteiger partial charge in [0.1, 0.15) is 0 Å². The highest BCUT2D eigenvalue weighted by molar-refractivity contribution is 5.80. The second-order valence-electron chi connectivity index (χ2n) is 6.64. The average Bonchev–Trinajstić information content (AvgIpc) is 3.11. The zero-order valence-electron chi connectivity index (χ0n) is 15.9. The molecule has 1 aromatic carbocycles. The molecule has 0 amide bonds. The quantitative estimate of drug-likeness (QED) is 0.409. The maximum Gasteiger partial charge on any atom is 0.191 e. The fourth-order valence-electron chi connectivity index (χ4n) is 3.00. The van der Waals surface area contributed by atoms with E-state index in [2.05, 4.69) is 60.7 Å². The molecule has 5 nitrogen and oxygen atoms in total. The maximum absolute atomic E-state index is 5.74. The number of aryl methyl sites for hydroxylation is 1. The third-order valence-corrected chi connectivity index (χ3v) is 4.45. The third kappa shape index (κ3) is 7.04. The molecule has 1 aliphatic heterocycles. The van der Waals surface area contributed by atoms with Crippen molar-refractivity contribution in [1.29, 1.82) is 0 Å². The summed E-state index contributed by atoms with van der Waals surface area (Å²) in [6.45, 7) is 11.3. The van der Waals surface area contributed by atoms with Crippen molar-refractivity contribution in [3.8, 4) is 0 Å². The maximum atomic E-state index is 5.74. The Labute approximate surface area is 152 Å². The summed E-state index contributed by atoms with van der Waals surface area (Å²) in [6.07, 6.45) is 2.06. The number of ether oxygens (including phenoxy) is 2. The Bertz CT molecular complexity index is 527. The van der Waals surface area contributed by atoms with Crippen LogP contribution in [0.2, 0.25) is 0 Å². The molecule has 2 rings (SSSR count). The zero-order valence-corrected chi connectivity index (χ0v) is 15.9. The number of nitrogens with one attached hydrogen (secondary N) is 2. The average molecular weight is 348 g/mol. The SMILES string of the molecule is CCNC(=NCCCOCC1CCOC1)NC(C)c1ccccc1C. The van der Waals surface area contributed by atoms with Gasteiger partial charge in [-0.3, -0.25) is 4.99 Å². The first-order chi connectivity index (χ1) is 12.2. The molecule has 5 heteroatoms. The number of aliphatic imine (C=N–C) groups is 1. The second kappa shape index (κ2) is 11.1. The van der Waals surface area contributed by atoms with Gasteiger partial charge < -0.3 is 20.1 Å². The van der Waals surface area contributed by atoms with E-state index in [1.165, 1.54) is 11.1 Å². The van der Waals surface area contributed by atoms with Gasteiger partial charge in [0, 0.05) is 32.2 Å². The van der Waals surface area contributed by atoms with E-state index in [0.29, 0.717) is 5.92 Å². The number of nitrogens with zero attached hydrogens (tertiary/aromatic N) is 1. The first-order valence-corrected chi connectivity index (χ1v) is 9.46. The van der Waals surface area contributed by atoms with Gasteiger partial charge >= 0.3 is 0 Å². The van der Waals surface area contributed by atoms with Crippen LogP contribution in [0.1, 0.15) is 43.9 Å². The highest BCUT2D eigenvalue weighted by atomic mass is 16.5. The molecule has 0 aliphatic carbocycles. The van der Waals surface area contributed by atoms with Gasteiger partial charge in [-0.05, 0) is 44.7 Å². The van der Waals surface area contributed by atoms with E-state index in [1.54, 1.807) is 0 Å². The summed E-state index contributed by atoms with van der Waals surface area (Å²) in [5.74, 6) is 1.44. The van der Waals surface area contributed by atoms with Crippen LogP contribution in [0.15, 0.2) is 29.3 Å². The molecule has 1 aromatic rings. The van der Waals surface area contributed by atoms with Crippen molar-refractivity contribution in [3.63, 3.8) is 0 Å². The standard InChI is InChI=1S/C20H33N3O2/c1-4-21-20(23-17(3)19-9-6-5-8-16(19)2)22-11-7-12-24-14-18-10-13-25-15-18/h5-6,8-9,17-18H,4,7,10-15H2,1-3H3,(H2,21,22,23). The minimum absolute atomic E-state index is 0.220. The van der Waals surface area contributed by atoms with Crippen LogP contribution < -0.4 is 10.6 Å². The molecule has 1 heterocycles. The molecule has 0 radical (unpaired) electrons. The minimum atomic E-state index is 0.220.